The van der Waals surface area contributed by atoms with Gasteiger partial charge in [-0.2, -0.15) is 0 Å². The van der Waals surface area contributed by atoms with E-state index in [1.54, 1.807) is 0 Å². The van der Waals surface area contributed by atoms with Crippen LogP contribution in [0.3, 0.4) is 0 Å². The standard InChI is InChI=1S/C30H36N4O/c35-30(32-28(24-10-4-1-5-11-24)25-12-6-2-7-13-25)34-22-20-33(21-23-34)29(26-14-8-3-9-15-26)27-16-18-31-19-17-27/h1-15,27-29,31H,16-23H2,(H,32,35). The Morgan fingerprint density at radius 3 is 1.71 bits per heavy atom. The van der Waals surface area contributed by atoms with Crippen molar-refractivity contribution in [2.24, 2.45) is 5.92 Å². The maximum absolute atomic E-state index is 13.4. The molecule has 2 saturated heterocycles. The fourth-order valence-electron chi connectivity index (χ4n) is 5.66. The summed E-state index contributed by atoms with van der Waals surface area (Å²) in [5.41, 5.74) is 3.60. The number of urea groups is 1. The second-order valence-electron chi connectivity index (χ2n) is 9.67. The second-order valence-corrected chi connectivity index (χ2v) is 9.67. The van der Waals surface area contributed by atoms with E-state index in [1.807, 2.05) is 41.3 Å². The molecular formula is C30H36N4O. The van der Waals surface area contributed by atoms with Crippen molar-refractivity contribution in [3.05, 3.63) is 108 Å². The maximum Gasteiger partial charge on any atom is 0.318 e. The fraction of sp³-hybridized carbons (Fsp3) is 0.367. The van der Waals surface area contributed by atoms with E-state index in [0.29, 0.717) is 12.0 Å². The molecule has 35 heavy (non-hydrogen) atoms. The van der Waals surface area contributed by atoms with Crippen molar-refractivity contribution in [1.82, 2.24) is 20.4 Å². The van der Waals surface area contributed by atoms with Crippen molar-refractivity contribution in [1.29, 1.82) is 0 Å². The Balaban J connectivity index is 1.27. The number of nitrogens with one attached hydrogen (secondary N) is 2. The fourth-order valence-corrected chi connectivity index (χ4v) is 5.66. The molecule has 2 amide bonds. The van der Waals surface area contributed by atoms with Crippen LogP contribution in [0.25, 0.3) is 0 Å². The third-order valence-corrected chi connectivity index (χ3v) is 7.50. The Hall–Kier alpha value is -3.15. The first-order valence-corrected chi connectivity index (χ1v) is 12.9. The van der Waals surface area contributed by atoms with Crippen molar-refractivity contribution >= 4 is 6.03 Å². The molecule has 0 aromatic heterocycles. The third kappa shape index (κ3) is 5.75. The van der Waals surface area contributed by atoms with E-state index >= 15 is 0 Å². The molecule has 182 valence electrons. The quantitative estimate of drug-likeness (QED) is 0.544. The molecule has 1 atom stereocenters. The number of piperazine rings is 1. The van der Waals surface area contributed by atoms with Gasteiger partial charge in [-0.25, -0.2) is 4.79 Å². The van der Waals surface area contributed by atoms with Crippen molar-refractivity contribution < 1.29 is 4.79 Å². The topological polar surface area (TPSA) is 47.6 Å². The van der Waals surface area contributed by atoms with Gasteiger partial charge in [-0.3, -0.25) is 4.90 Å². The van der Waals surface area contributed by atoms with E-state index in [0.717, 1.165) is 50.4 Å². The van der Waals surface area contributed by atoms with Gasteiger partial charge in [-0.05, 0) is 48.5 Å². The first-order chi connectivity index (χ1) is 17.3. The van der Waals surface area contributed by atoms with Gasteiger partial charge in [0, 0.05) is 32.2 Å². The van der Waals surface area contributed by atoms with E-state index in [-0.39, 0.29) is 12.1 Å². The summed E-state index contributed by atoms with van der Waals surface area (Å²) in [6.07, 6.45) is 2.41. The van der Waals surface area contributed by atoms with Crippen LogP contribution in [0.1, 0.15) is 41.6 Å². The lowest BCUT2D eigenvalue weighted by Gasteiger charge is -2.44. The average molecular weight is 469 g/mol. The molecule has 5 nitrogen and oxygen atoms in total. The summed E-state index contributed by atoms with van der Waals surface area (Å²) in [5, 5.41) is 6.83. The average Bonchev–Trinajstić information content (AvgIpc) is 2.94. The lowest BCUT2D eigenvalue weighted by Crippen LogP contribution is -2.54. The molecule has 0 aliphatic carbocycles. The minimum Gasteiger partial charge on any atom is -0.327 e. The molecule has 5 rings (SSSR count). The highest BCUT2D eigenvalue weighted by Gasteiger charge is 2.33. The van der Waals surface area contributed by atoms with Crippen molar-refractivity contribution in [3.8, 4) is 0 Å². The summed E-state index contributed by atoms with van der Waals surface area (Å²) >= 11 is 0. The minimum absolute atomic E-state index is 0.0143. The molecule has 2 aliphatic heterocycles. The second kappa shape index (κ2) is 11.5. The van der Waals surface area contributed by atoms with Gasteiger partial charge in [0.2, 0.25) is 0 Å². The van der Waals surface area contributed by atoms with Crippen LogP contribution in [-0.2, 0) is 0 Å². The van der Waals surface area contributed by atoms with Gasteiger partial charge < -0.3 is 15.5 Å². The molecule has 0 radical (unpaired) electrons. The summed E-state index contributed by atoms with van der Waals surface area (Å²) in [7, 11) is 0. The number of benzene rings is 3. The minimum atomic E-state index is -0.158. The zero-order chi connectivity index (χ0) is 23.9. The summed E-state index contributed by atoms with van der Waals surface area (Å²) in [4.78, 5) is 18.0. The van der Waals surface area contributed by atoms with Gasteiger partial charge >= 0.3 is 6.03 Å². The molecule has 2 N–H and O–H groups in total. The SMILES string of the molecule is O=C(NC(c1ccccc1)c1ccccc1)N1CCN(C(c2ccccc2)C2CCNCC2)CC1. The van der Waals surface area contributed by atoms with Gasteiger partial charge in [-0.1, -0.05) is 91.0 Å². The molecule has 1 unspecified atom stereocenters. The van der Waals surface area contributed by atoms with Gasteiger partial charge in [0.25, 0.3) is 0 Å². The summed E-state index contributed by atoms with van der Waals surface area (Å²) in [6, 6.07) is 31.7. The lowest BCUT2D eigenvalue weighted by molar-refractivity contribution is 0.0701. The normalized spacial score (nSPS) is 18.4. The summed E-state index contributed by atoms with van der Waals surface area (Å²) < 4.78 is 0. The number of carbonyl (C=O) groups is 1. The van der Waals surface area contributed by atoms with Crippen molar-refractivity contribution in [2.75, 3.05) is 39.3 Å². The van der Waals surface area contributed by atoms with Gasteiger partial charge in [0.1, 0.15) is 0 Å². The van der Waals surface area contributed by atoms with Crippen molar-refractivity contribution in [3.63, 3.8) is 0 Å². The van der Waals surface area contributed by atoms with E-state index in [1.165, 1.54) is 18.4 Å². The van der Waals surface area contributed by atoms with E-state index in [4.69, 9.17) is 0 Å². The number of hydrogen-bond donors (Lipinski definition) is 2. The Bertz CT molecular complexity index is 1010. The highest BCUT2D eigenvalue weighted by molar-refractivity contribution is 5.75. The molecular weight excluding hydrogens is 432 g/mol. The lowest BCUT2D eigenvalue weighted by atomic mass is 9.84. The Labute approximate surface area is 209 Å². The van der Waals surface area contributed by atoms with Crippen LogP contribution < -0.4 is 10.6 Å². The molecule has 3 aromatic carbocycles. The highest BCUT2D eigenvalue weighted by atomic mass is 16.2. The van der Waals surface area contributed by atoms with Crippen LogP contribution in [0.2, 0.25) is 0 Å². The molecule has 2 fully saturated rings. The van der Waals surface area contributed by atoms with Crippen LogP contribution >= 0.6 is 0 Å². The smallest absolute Gasteiger partial charge is 0.318 e. The Kier molecular flexibility index (Phi) is 7.76. The molecule has 2 heterocycles. The van der Waals surface area contributed by atoms with Crippen LogP contribution in [0.15, 0.2) is 91.0 Å². The number of carbonyl (C=O) groups excluding carboxylic acids is 1. The van der Waals surface area contributed by atoms with Crippen LogP contribution in [-0.4, -0.2) is 55.1 Å². The number of piperidine rings is 1. The highest BCUT2D eigenvalue weighted by Crippen LogP contribution is 2.35. The predicted octanol–water partition coefficient (Wildman–Crippen LogP) is 4.84. The zero-order valence-corrected chi connectivity index (χ0v) is 20.4. The van der Waals surface area contributed by atoms with Crippen molar-refractivity contribution in [2.45, 2.75) is 24.9 Å². The summed E-state index contributed by atoms with van der Waals surface area (Å²) in [5.74, 6) is 0.652. The number of rotatable bonds is 6. The van der Waals surface area contributed by atoms with Crippen LogP contribution in [0.5, 0.6) is 0 Å². The number of hydrogen-bond acceptors (Lipinski definition) is 3. The molecule has 3 aromatic rings. The first kappa shape index (κ1) is 23.6. The van der Waals surface area contributed by atoms with E-state index in [2.05, 4.69) is 70.1 Å². The number of nitrogens with zero attached hydrogens (tertiary/aromatic N) is 2. The van der Waals surface area contributed by atoms with Gasteiger partial charge in [0.15, 0.2) is 0 Å². The van der Waals surface area contributed by atoms with E-state index < -0.39 is 0 Å². The summed E-state index contributed by atoms with van der Waals surface area (Å²) in [6.45, 7) is 5.48. The maximum atomic E-state index is 13.4. The van der Waals surface area contributed by atoms with Gasteiger partial charge in [-0.15, -0.1) is 0 Å². The molecule has 2 aliphatic rings. The van der Waals surface area contributed by atoms with E-state index in [9.17, 15) is 4.79 Å². The Morgan fingerprint density at radius 2 is 1.20 bits per heavy atom. The molecule has 5 heteroatoms. The monoisotopic (exact) mass is 468 g/mol. The predicted molar refractivity (Wildman–Crippen MR) is 141 cm³/mol. The number of amides is 2. The Morgan fingerprint density at radius 1 is 0.714 bits per heavy atom. The van der Waals surface area contributed by atoms with Gasteiger partial charge in [0.05, 0.1) is 6.04 Å². The molecule has 0 bridgehead atoms. The molecule has 0 spiro atoms. The van der Waals surface area contributed by atoms with Crippen LogP contribution in [0.4, 0.5) is 4.79 Å². The van der Waals surface area contributed by atoms with Crippen LogP contribution in [0, 0.1) is 5.92 Å². The first-order valence-electron chi connectivity index (χ1n) is 12.9. The third-order valence-electron chi connectivity index (χ3n) is 7.50. The molecule has 0 saturated carbocycles. The largest absolute Gasteiger partial charge is 0.327 e. The zero-order valence-electron chi connectivity index (χ0n) is 20.4.